The summed E-state index contributed by atoms with van der Waals surface area (Å²) in [6.45, 7) is 1.19. The van der Waals surface area contributed by atoms with Crippen LogP contribution in [0.25, 0.3) is 0 Å². The first kappa shape index (κ1) is 21.8. The van der Waals surface area contributed by atoms with Gasteiger partial charge < -0.3 is 19.7 Å². The zero-order valence-electron chi connectivity index (χ0n) is 16.6. The van der Waals surface area contributed by atoms with Crippen LogP contribution in [0.1, 0.15) is 5.56 Å². The minimum absolute atomic E-state index is 0.0265. The van der Waals surface area contributed by atoms with Crippen molar-refractivity contribution in [2.45, 2.75) is 16.7 Å². The highest BCUT2D eigenvalue weighted by Gasteiger charge is 2.38. The van der Waals surface area contributed by atoms with E-state index in [9.17, 15) is 18.0 Å². The molecule has 2 amide bonds. The lowest BCUT2D eigenvalue weighted by atomic mass is 10.1. The number of benzene rings is 2. The number of sulfone groups is 1. The summed E-state index contributed by atoms with van der Waals surface area (Å²) in [4.78, 5) is 27.1. The molecule has 1 atom stereocenters. The first-order chi connectivity index (χ1) is 14.4. The van der Waals surface area contributed by atoms with E-state index < -0.39 is 27.0 Å². The Bertz CT molecular complexity index is 970. The van der Waals surface area contributed by atoms with Crippen molar-refractivity contribution < 1.29 is 27.5 Å². The number of ether oxygens (including phenoxy) is 2. The van der Waals surface area contributed by atoms with Crippen LogP contribution in [0.5, 0.6) is 5.75 Å². The van der Waals surface area contributed by atoms with E-state index in [-0.39, 0.29) is 24.4 Å². The van der Waals surface area contributed by atoms with Crippen molar-refractivity contribution in [2.24, 2.45) is 0 Å². The number of nitrogens with one attached hydrogen (secondary N) is 1. The van der Waals surface area contributed by atoms with Crippen LogP contribution in [0.15, 0.2) is 59.5 Å². The summed E-state index contributed by atoms with van der Waals surface area (Å²) >= 11 is 0. The highest BCUT2D eigenvalue weighted by Crippen LogP contribution is 2.18. The number of amides is 2. The largest absolute Gasteiger partial charge is 0.497 e. The predicted molar refractivity (Wildman–Crippen MR) is 110 cm³/mol. The molecule has 3 rings (SSSR count). The lowest BCUT2D eigenvalue weighted by Gasteiger charge is -2.30. The van der Waals surface area contributed by atoms with E-state index in [2.05, 4.69) is 5.32 Å². The summed E-state index contributed by atoms with van der Waals surface area (Å²) in [5.41, 5.74) is 0.669. The molecule has 0 aliphatic carbocycles. The zero-order valence-corrected chi connectivity index (χ0v) is 17.4. The standard InChI is InChI=1S/C21H24N2O6S/c1-28-17-9-7-16(8-10-17)15-19(24)22-20(21(25)23-11-13-29-14-12-23)30(26,27)18-5-3-2-4-6-18/h2-10,20H,11-15H2,1H3,(H,22,24)/t20-/m1/s1. The monoisotopic (exact) mass is 432 g/mol. The average Bonchev–Trinajstić information content (AvgIpc) is 2.78. The lowest BCUT2D eigenvalue weighted by molar-refractivity contribution is -0.137. The highest BCUT2D eigenvalue weighted by molar-refractivity contribution is 7.92. The predicted octanol–water partition coefficient (Wildman–Crippen LogP) is 1.01. The molecule has 30 heavy (non-hydrogen) atoms. The highest BCUT2D eigenvalue weighted by atomic mass is 32.2. The van der Waals surface area contributed by atoms with Gasteiger partial charge in [0.25, 0.3) is 5.91 Å². The zero-order chi connectivity index (χ0) is 21.6. The van der Waals surface area contributed by atoms with Gasteiger partial charge in [0.05, 0.1) is 31.6 Å². The number of morpholine rings is 1. The molecular formula is C21H24N2O6S. The van der Waals surface area contributed by atoms with Crippen LogP contribution in [-0.4, -0.2) is 63.9 Å². The molecule has 8 nitrogen and oxygen atoms in total. The van der Waals surface area contributed by atoms with Gasteiger partial charge in [-0.1, -0.05) is 30.3 Å². The summed E-state index contributed by atoms with van der Waals surface area (Å²) < 4.78 is 36.7. The molecule has 0 unspecified atom stereocenters. The van der Waals surface area contributed by atoms with E-state index in [0.29, 0.717) is 24.5 Å². The van der Waals surface area contributed by atoms with Gasteiger partial charge in [-0.2, -0.15) is 0 Å². The van der Waals surface area contributed by atoms with Crippen molar-refractivity contribution in [3.8, 4) is 5.75 Å². The van der Waals surface area contributed by atoms with Crippen LogP contribution >= 0.6 is 0 Å². The summed E-state index contributed by atoms with van der Waals surface area (Å²) in [6.07, 6.45) is -0.0683. The molecule has 1 aliphatic heterocycles. The number of methoxy groups -OCH3 is 1. The van der Waals surface area contributed by atoms with Crippen LogP contribution in [0.2, 0.25) is 0 Å². The van der Waals surface area contributed by atoms with Crippen molar-refractivity contribution in [1.82, 2.24) is 10.2 Å². The maximum atomic E-state index is 13.2. The smallest absolute Gasteiger partial charge is 0.261 e. The molecule has 1 saturated heterocycles. The Balaban J connectivity index is 1.82. The Morgan fingerprint density at radius 2 is 1.70 bits per heavy atom. The van der Waals surface area contributed by atoms with Gasteiger partial charge in [-0.05, 0) is 29.8 Å². The Labute approximate surface area is 175 Å². The normalized spacial score (nSPS) is 15.3. The van der Waals surface area contributed by atoms with Crippen molar-refractivity contribution in [2.75, 3.05) is 33.4 Å². The molecule has 0 aromatic heterocycles. The fraction of sp³-hybridized carbons (Fsp3) is 0.333. The van der Waals surface area contributed by atoms with Crippen LogP contribution < -0.4 is 10.1 Å². The maximum absolute atomic E-state index is 13.2. The molecule has 0 spiro atoms. The molecule has 2 aromatic rings. The fourth-order valence-electron chi connectivity index (χ4n) is 3.09. The quantitative estimate of drug-likeness (QED) is 0.701. The molecule has 160 valence electrons. The van der Waals surface area contributed by atoms with Gasteiger partial charge in [0, 0.05) is 13.1 Å². The van der Waals surface area contributed by atoms with Crippen molar-refractivity contribution in [1.29, 1.82) is 0 Å². The summed E-state index contributed by atoms with van der Waals surface area (Å²) in [6, 6.07) is 14.5. The van der Waals surface area contributed by atoms with Crippen LogP contribution in [-0.2, 0) is 30.6 Å². The molecular weight excluding hydrogens is 408 g/mol. The summed E-state index contributed by atoms with van der Waals surface area (Å²) in [5.74, 6) is -0.581. The number of nitrogens with zero attached hydrogens (tertiary/aromatic N) is 1. The molecule has 9 heteroatoms. The third kappa shape index (κ3) is 5.17. The second-order valence-electron chi connectivity index (χ2n) is 6.77. The number of rotatable bonds is 7. The molecule has 1 heterocycles. The third-order valence-electron chi connectivity index (χ3n) is 4.74. The Morgan fingerprint density at radius 3 is 2.30 bits per heavy atom. The van der Waals surface area contributed by atoms with Gasteiger partial charge in [0.15, 0.2) is 0 Å². The average molecular weight is 432 g/mol. The van der Waals surface area contributed by atoms with E-state index in [1.807, 2.05) is 0 Å². The fourth-order valence-corrected chi connectivity index (χ4v) is 4.60. The van der Waals surface area contributed by atoms with Gasteiger partial charge in [0.2, 0.25) is 21.1 Å². The molecule has 2 aromatic carbocycles. The van der Waals surface area contributed by atoms with Crippen LogP contribution in [0, 0.1) is 0 Å². The molecule has 1 aliphatic rings. The van der Waals surface area contributed by atoms with E-state index in [1.54, 1.807) is 42.5 Å². The number of hydrogen-bond donors (Lipinski definition) is 1. The van der Waals surface area contributed by atoms with Crippen LogP contribution in [0.3, 0.4) is 0 Å². The number of carbonyl (C=O) groups excluding carboxylic acids is 2. The first-order valence-electron chi connectivity index (χ1n) is 9.49. The van der Waals surface area contributed by atoms with E-state index in [1.165, 1.54) is 24.1 Å². The van der Waals surface area contributed by atoms with Crippen molar-refractivity contribution >= 4 is 21.7 Å². The number of carbonyl (C=O) groups is 2. The second-order valence-corrected chi connectivity index (χ2v) is 8.80. The SMILES string of the molecule is COc1ccc(CC(=O)N[C@@H](C(=O)N2CCOCC2)S(=O)(=O)c2ccccc2)cc1. The van der Waals surface area contributed by atoms with E-state index >= 15 is 0 Å². The van der Waals surface area contributed by atoms with Gasteiger partial charge in [-0.25, -0.2) is 8.42 Å². The van der Waals surface area contributed by atoms with Gasteiger partial charge in [-0.15, -0.1) is 0 Å². The third-order valence-corrected chi connectivity index (χ3v) is 6.61. The Kier molecular flexibility index (Phi) is 7.07. The minimum atomic E-state index is -4.13. The van der Waals surface area contributed by atoms with Gasteiger partial charge in [0.1, 0.15) is 5.75 Å². The Hall–Kier alpha value is -2.91. The van der Waals surface area contributed by atoms with Gasteiger partial charge >= 0.3 is 0 Å². The Morgan fingerprint density at radius 1 is 1.07 bits per heavy atom. The second kappa shape index (κ2) is 9.73. The summed E-state index contributed by atoms with van der Waals surface area (Å²) in [5, 5.41) is 0.735. The molecule has 0 saturated carbocycles. The summed E-state index contributed by atoms with van der Waals surface area (Å²) in [7, 11) is -2.59. The molecule has 1 fully saturated rings. The van der Waals surface area contributed by atoms with Crippen molar-refractivity contribution in [3.05, 3.63) is 60.2 Å². The minimum Gasteiger partial charge on any atom is -0.497 e. The van der Waals surface area contributed by atoms with Gasteiger partial charge in [-0.3, -0.25) is 9.59 Å². The van der Waals surface area contributed by atoms with Crippen molar-refractivity contribution in [3.63, 3.8) is 0 Å². The van der Waals surface area contributed by atoms with E-state index in [4.69, 9.17) is 9.47 Å². The topological polar surface area (TPSA) is 102 Å². The molecule has 0 radical (unpaired) electrons. The van der Waals surface area contributed by atoms with E-state index in [0.717, 1.165) is 0 Å². The molecule has 0 bridgehead atoms. The van der Waals surface area contributed by atoms with Crippen LogP contribution in [0.4, 0.5) is 0 Å². The number of hydrogen-bond acceptors (Lipinski definition) is 6. The first-order valence-corrected chi connectivity index (χ1v) is 11.0. The maximum Gasteiger partial charge on any atom is 0.261 e. The molecule has 1 N–H and O–H groups in total. The lowest BCUT2D eigenvalue weighted by Crippen LogP contribution is -2.55.